The molecule has 0 amide bonds. The fourth-order valence-electron chi connectivity index (χ4n) is 3.28. The highest BCUT2D eigenvalue weighted by Crippen LogP contribution is 2.43. The van der Waals surface area contributed by atoms with Crippen LogP contribution in [0.25, 0.3) is 0 Å². The molecule has 1 saturated carbocycles. The van der Waals surface area contributed by atoms with Gasteiger partial charge in [0.1, 0.15) is 5.60 Å². The molecule has 1 N–H and O–H groups in total. The van der Waals surface area contributed by atoms with Gasteiger partial charge in [0.2, 0.25) is 0 Å². The van der Waals surface area contributed by atoms with Crippen molar-refractivity contribution in [2.45, 2.75) is 58.5 Å². The van der Waals surface area contributed by atoms with Crippen molar-refractivity contribution in [3.8, 4) is 0 Å². The fraction of sp³-hybridized carbons (Fsp3) is 0.800. The van der Waals surface area contributed by atoms with Crippen molar-refractivity contribution in [2.24, 2.45) is 18.4 Å². The Morgan fingerprint density at radius 1 is 1.33 bits per heavy atom. The van der Waals surface area contributed by atoms with Gasteiger partial charge in [-0.2, -0.15) is 5.10 Å². The standard InChI is InChI=1S/C15H26N2O/c1-14(2,3)12-6-5-9-15(18,10-7-12)13-8-11-16-17(13)4/h8,11-12,18H,5-7,9-10H2,1-4H3. The number of nitrogens with zero attached hydrogens (tertiary/aromatic N) is 2. The van der Waals surface area contributed by atoms with Crippen LogP contribution in [0.4, 0.5) is 0 Å². The summed E-state index contributed by atoms with van der Waals surface area (Å²) >= 11 is 0. The maximum Gasteiger partial charge on any atom is 0.106 e. The first-order valence-corrected chi connectivity index (χ1v) is 7.04. The lowest BCUT2D eigenvalue weighted by Crippen LogP contribution is -2.28. The third-order valence-electron chi connectivity index (χ3n) is 4.57. The number of hydrogen-bond acceptors (Lipinski definition) is 2. The second kappa shape index (κ2) is 4.69. The van der Waals surface area contributed by atoms with Crippen LogP contribution in [0.1, 0.15) is 58.6 Å². The van der Waals surface area contributed by atoms with E-state index in [1.165, 1.54) is 6.42 Å². The van der Waals surface area contributed by atoms with E-state index in [1.807, 2.05) is 17.8 Å². The minimum atomic E-state index is -0.675. The van der Waals surface area contributed by atoms with Gasteiger partial charge >= 0.3 is 0 Å². The smallest absolute Gasteiger partial charge is 0.106 e. The number of rotatable bonds is 1. The molecule has 0 aliphatic heterocycles. The molecule has 0 saturated heterocycles. The number of aliphatic hydroxyl groups is 1. The van der Waals surface area contributed by atoms with E-state index in [9.17, 15) is 5.11 Å². The van der Waals surface area contributed by atoms with E-state index in [0.29, 0.717) is 11.3 Å². The van der Waals surface area contributed by atoms with E-state index in [0.717, 1.165) is 31.4 Å². The Bertz CT molecular complexity index is 405. The van der Waals surface area contributed by atoms with Crippen LogP contribution in [-0.4, -0.2) is 14.9 Å². The summed E-state index contributed by atoms with van der Waals surface area (Å²) in [5.74, 6) is 0.708. The Kier molecular flexibility index (Phi) is 3.54. The van der Waals surface area contributed by atoms with Gasteiger partial charge in [-0.15, -0.1) is 0 Å². The summed E-state index contributed by atoms with van der Waals surface area (Å²) in [5.41, 5.74) is 0.639. The quantitative estimate of drug-likeness (QED) is 0.777. The molecule has 3 heteroatoms. The van der Waals surface area contributed by atoms with E-state index in [1.54, 1.807) is 6.20 Å². The van der Waals surface area contributed by atoms with Crippen LogP contribution >= 0.6 is 0 Å². The van der Waals surface area contributed by atoms with Gasteiger partial charge in [-0.1, -0.05) is 20.8 Å². The summed E-state index contributed by atoms with van der Waals surface area (Å²) in [4.78, 5) is 0. The van der Waals surface area contributed by atoms with Gasteiger partial charge in [0, 0.05) is 13.2 Å². The van der Waals surface area contributed by atoms with Gasteiger partial charge in [0.15, 0.2) is 0 Å². The monoisotopic (exact) mass is 250 g/mol. The lowest BCUT2D eigenvalue weighted by atomic mass is 9.76. The van der Waals surface area contributed by atoms with Crippen LogP contribution < -0.4 is 0 Å². The van der Waals surface area contributed by atoms with Crippen LogP contribution in [0.2, 0.25) is 0 Å². The number of aryl methyl sites for hydroxylation is 1. The zero-order valence-electron chi connectivity index (χ0n) is 12.1. The number of hydrogen-bond donors (Lipinski definition) is 1. The van der Waals surface area contributed by atoms with E-state index >= 15 is 0 Å². The molecule has 1 heterocycles. The molecule has 2 atom stereocenters. The predicted molar refractivity (Wildman–Crippen MR) is 73.1 cm³/mol. The van der Waals surface area contributed by atoms with Crippen molar-refractivity contribution in [1.82, 2.24) is 9.78 Å². The molecular weight excluding hydrogens is 224 g/mol. The van der Waals surface area contributed by atoms with Crippen molar-refractivity contribution >= 4 is 0 Å². The summed E-state index contributed by atoms with van der Waals surface area (Å²) in [5, 5.41) is 15.1. The highest BCUT2D eigenvalue weighted by Gasteiger charge is 2.37. The summed E-state index contributed by atoms with van der Waals surface area (Å²) in [7, 11) is 1.92. The first-order valence-electron chi connectivity index (χ1n) is 7.04. The first-order chi connectivity index (χ1) is 8.33. The van der Waals surface area contributed by atoms with Crippen molar-refractivity contribution in [3.05, 3.63) is 18.0 Å². The van der Waals surface area contributed by atoms with Crippen LogP contribution in [0.5, 0.6) is 0 Å². The molecule has 3 nitrogen and oxygen atoms in total. The highest BCUT2D eigenvalue weighted by atomic mass is 16.3. The lowest BCUT2D eigenvalue weighted by molar-refractivity contribution is 0.0102. The lowest BCUT2D eigenvalue weighted by Gasteiger charge is -2.31. The molecule has 2 rings (SSSR count). The Hall–Kier alpha value is -0.830. The second-order valence-corrected chi connectivity index (χ2v) is 6.87. The molecule has 102 valence electrons. The summed E-state index contributed by atoms with van der Waals surface area (Å²) < 4.78 is 1.82. The van der Waals surface area contributed by atoms with E-state index < -0.39 is 5.60 Å². The van der Waals surface area contributed by atoms with Gasteiger partial charge in [0.05, 0.1) is 5.69 Å². The Morgan fingerprint density at radius 2 is 2.06 bits per heavy atom. The summed E-state index contributed by atoms with van der Waals surface area (Å²) in [6.07, 6.45) is 6.92. The Morgan fingerprint density at radius 3 is 2.61 bits per heavy atom. The molecule has 1 aromatic heterocycles. The Labute approximate surface area is 110 Å². The minimum absolute atomic E-state index is 0.345. The predicted octanol–water partition coefficient (Wildman–Crippen LogP) is 3.23. The third kappa shape index (κ3) is 2.61. The van der Waals surface area contributed by atoms with E-state index in [2.05, 4.69) is 25.9 Å². The fourth-order valence-corrected chi connectivity index (χ4v) is 3.28. The molecule has 2 unspecified atom stereocenters. The SMILES string of the molecule is Cn1nccc1C1(O)CCCC(C(C)(C)C)CC1. The van der Waals surface area contributed by atoms with Crippen molar-refractivity contribution < 1.29 is 5.11 Å². The molecule has 1 aromatic rings. The van der Waals surface area contributed by atoms with E-state index in [-0.39, 0.29) is 0 Å². The van der Waals surface area contributed by atoms with Crippen LogP contribution in [-0.2, 0) is 12.6 Å². The molecule has 0 bridgehead atoms. The zero-order chi connectivity index (χ0) is 13.4. The average molecular weight is 250 g/mol. The maximum absolute atomic E-state index is 10.9. The van der Waals surface area contributed by atoms with Gasteiger partial charge in [0.25, 0.3) is 0 Å². The molecule has 1 fully saturated rings. The third-order valence-corrected chi connectivity index (χ3v) is 4.57. The molecule has 18 heavy (non-hydrogen) atoms. The Balaban J connectivity index is 2.16. The second-order valence-electron chi connectivity index (χ2n) is 6.87. The molecule has 0 radical (unpaired) electrons. The zero-order valence-corrected chi connectivity index (χ0v) is 12.1. The average Bonchev–Trinajstić information content (AvgIpc) is 2.57. The van der Waals surface area contributed by atoms with Crippen molar-refractivity contribution in [2.75, 3.05) is 0 Å². The molecule has 0 spiro atoms. The largest absolute Gasteiger partial charge is 0.384 e. The van der Waals surface area contributed by atoms with Gasteiger partial charge < -0.3 is 5.11 Å². The highest BCUT2D eigenvalue weighted by molar-refractivity contribution is 5.12. The minimum Gasteiger partial charge on any atom is -0.384 e. The van der Waals surface area contributed by atoms with Crippen LogP contribution in [0, 0.1) is 11.3 Å². The number of aromatic nitrogens is 2. The van der Waals surface area contributed by atoms with E-state index in [4.69, 9.17) is 0 Å². The summed E-state index contributed by atoms with van der Waals surface area (Å²) in [6.45, 7) is 6.93. The van der Waals surface area contributed by atoms with Crippen molar-refractivity contribution in [1.29, 1.82) is 0 Å². The summed E-state index contributed by atoms with van der Waals surface area (Å²) in [6, 6.07) is 1.96. The maximum atomic E-state index is 10.9. The van der Waals surface area contributed by atoms with Crippen LogP contribution in [0.15, 0.2) is 12.3 Å². The van der Waals surface area contributed by atoms with Gasteiger partial charge in [-0.05, 0) is 49.5 Å². The molecule has 0 aromatic carbocycles. The molecule has 1 aliphatic rings. The topological polar surface area (TPSA) is 38.0 Å². The first kappa shape index (κ1) is 13.6. The molecule has 1 aliphatic carbocycles. The van der Waals surface area contributed by atoms with Crippen molar-refractivity contribution in [3.63, 3.8) is 0 Å². The molecular formula is C15H26N2O. The van der Waals surface area contributed by atoms with Gasteiger partial charge in [-0.25, -0.2) is 0 Å². The van der Waals surface area contributed by atoms with Crippen LogP contribution in [0.3, 0.4) is 0 Å². The van der Waals surface area contributed by atoms with Gasteiger partial charge in [-0.3, -0.25) is 4.68 Å². The normalized spacial score (nSPS) is 30.2.